The molecule has 1 aromatic heterocycles. The van der Waals surface area contributed by atoms with Crippen LogP contribution in [-0.2, 0) is 0 Å². The van der Waals surface area contributed by atoms with E-state index in [1.807, 2.05) is 13.8 Å². The maximum atomic E-state index is 12.7. The summed E-state index contributed by atoms with van der Waals surface area (Å²) in [6, 6.07) is 1.17. The van der Waals surface area contributed by atoms with Gasteiger partial charge in [0.05, 0.1) is 11.3 Å². The van der Waals surface area contributed by atoms with E-state index in [1.54, 1.807) is 0 Å². The van der Waals surface area contributed by atoms with Gasteiger partial charge in [-0.15, -0.1) is 0 Å². The van der Waals surface area contributed by atoms with Crippen LogP contribution in [0.3, 0.4) is 0 Å². The molecule has 2 saturated heterocycles. The van der Waals surface area contributed by atoms with Gasteiger partial charge < -0.3 is 9.42 Å². The highest BCUT2D eigenvalue weighted by Gasteiger charge is 2.39. The van der Waals surface area contributed by atoms with Crippen LogP contribution in [0.4, 0.5) is 0 Å². The van der Waals surface area contributed by atoms with Crippen molar-refractivity contribution >= 4 is 5.78 Å². The van der Waals surface area contributed by atoms with Crippen molar-refractivity contribution in [3.8, 4) is 0 Å². The first kappa shape index (κ1) is 12.9. The maximum absolute atomic E-state index is 12.7. The van der Waals surface area contributed by atoms with E-state index < -0.39 is 0 Å². The summed E-state index contributed by atoms with van der Waals surface area (Å²) in [6.45, 7) is 3.70. The number of piperidine rings is 2. The molecule has 104 valence electrons. The van der Waals surface area contributed by atoms with Gasteiger partial charge in [0.1, 0.15) is 5.76 Å². The lowest BCUT2D eigenvalue weighted by Gasteiger charge is -2.46. The van der Waals surface area contributed by atoms with Gasteiger partial charge in [-0.2, -0.15) is 0 Å². The molecule has 0 aliphatic carbocycles. The van der Waals surface area contributed by atoms with Crippen LogP contribution >= 0.6 is 0 Å². The Kier molecular flexibility index (Phi) is 3.21. The van der Waals surface area contributed by atoms with Crippen molar-refractivity contribution in [3.63, 3.8) is 0 Å². The average Bonchev–Trinajstić information content (AvgIpc) is 2.68. The van der Waals surface area contributed by atoms with Crippen molar-refractivity contribution in [1.29, 1.82) is 0 Å². The molecule has 0 amide bonds. The summed E-state index contributed by atoms with van der Waals surface area (Å²) in [4.78, 5) is 15.2. The number of hydrogen-bond donors (Lipinski definition) is 0. The SMILES string of the molecule is Cc1noc(C)c1C(=O)C1CC2CCCC(C1)N2C. The molecule has 4 heteroatoms. The second-order valence-electron chi connectivity index (χ2n) is 6.14. The van der Waals surface area contributed by atoms with Gasteiger partial charge in [-0.25, -0.2) is 0 Å². The summed E-state index contributed by atoms with van der Waals surface area (Å²) < 4.78 is 5.14. The third kappa shape index (κ3) is 2.12. The number of fused-ring (bicyclic) bond motifs is 2. The molecule has 2 atom stereocenters. The summed E-state index contributed by atoms with van der Waals surface area (Å²) in [5, 5.41) is 3.91. The van der Waals surface area contributed by atoms with E-state index in [2.05, 4.69) is 17.1 Å². The molecule has 2 bridgehead atoms. The number of rotatable bonds is 2. The standard InChI is InChI=1S/C15H22N2O2/c1-9-14(10(2)19-16-9)15(18)11-7-12-5-4-6-13(8-11)17(12)3/h11-13H,4-8H2,1-3H3. The predicted octanol–water partition coefficient (Wildman–Crippen LogP) is 2.74. The zero-order valence-electron chi connectivity index (χ0n) is 12.0. The minimum atomic E-state index is 0.156. The molecule has 0 spiro atoms. The van der Waals surface area contributed by atoms with E-state index in [0.29, 0.717) is 17.8 Å². The van der Waals surface area contributed by atoms with Gasteiger partial charge in [-0.05, 0) is 46.6 Å². The molecule has 1 aromatic rings. The molecule has 4 nitrogen and oxygen atoms in total. The van der Waals surface area contributed by atoms with Gasteiger partial charge in [-0.3, -0.25) is 4.79 Å². The zero-order chi connectivity index (χ0) is 13.6. The minimum Gasteiger partial charge on any atom is -0.361 e. The van der Waals surface area contributed by atoms with Crippen LogP contribution < -0.4 is 0 Å². The zero-order valence-corrected chi connectivity index (χ0v) is 12.0. The summed E-state index contributed by atoms with van der Waals surface area (Å²) in [5.74, 6) is 1.08. The van der Waals surface area contributed by atoms with E-state index in [-0.39, 0.29) is 11.7 Å². The molecule has 3 heterocycles. The summed E-state index contributed by atoms with van der Waals surface area (Å²) >= 11 is 0. The van der Waals surface area contributed by atoms with Crippen LogP contribution in [0.5, 0.6) is 0 Å². The van der Waals surface area contributed by atoms with E-state index in [9.17, 15) is 4.79 Å². The number of hydrogen-bond acceptors (Lipinski definition) is 4. The lowest BCUT2D eigenvalue weighted by molar-refractivity contribution is 0.0337. The number of aryl methyl sites for hydroxylation is 2. The van der Waals surface area contributed by atoms with Gasteiger partial charge >= 0.3 is 0 Å². The Morgan fingerprint density at radius 2 is 1.89 bits per heavy atom. The fourth-order valence-corrected chi connectivity index (χ4v) is 3.87. The van der Waals surface area contributed by atoms with Crippen LogP contribution in [0.25, 0.3) is 0 Å². The molecule has 19 heavy (non-hydrogen) atoms. The van der Waals surface area contributed by atoms with Crippen molar-refractivity contribution < 1.29 is 9.32 Å². The van der Waals surface area contributed by atoms with Crippen LogP contribution in [0.15, 0.2) is 4.52 Å². The quantitative estimate of drug-likeness (QED) is 0.769. The lowest BCUT2D eigenvalue weighted by Crippen LogP contribution is -2.51. The topological polar surface area (TPSA) is 46.3 Å². The Morgan fingerprint density at radius 3 is 2.42 bits per heavy atom. The Hall–Kier alpha value is -1.16. The number of aromatic nitrogens is 1. The van der Waals surface area contributed by atoms with E-state index in [4.69, 9.17) is 4.52 Å². The number of Topliss-reactive ketones (excluding diaryl/α,β-unsaturated/α-hetero) is 1. The second-order valence-corrected chi connectivity index (χ2v) is 6.14. The van der Waals surface area contributed by atoms with Crippen molar-refractivity contribution in [1.82, 2.24) is 10.1 Å². The Bertz CT molecular complexity index is 461. The second kappa shape index (κ2) is 4.75. The highest BCUT2D eigenvalue weighted by molar-refractivity contribution is 5.99. The molecule has 3 rings (SSSR count). The fourth-order valence-electron chi connectivity index (χ4n) is 3.87. The monoisotopic (exact) mass is 262 g/mol. The van der Waals surface area contributed by atoms with Crippen molar-refractivity contribution in [2.45, 2.75) is 58.0 Å². The Balaban J connectivity index is 1.82. The lowest BCUT2D eigenvalue weighted by atomic mass is 9.76. The third-order valence-electron chi connectivity index (χ3n) is 4.99. The normalized spacial score (nSPS) is 31.4. The van der Waals surface area contributed by atoms with Gasteiger partial charge in [-0.1, -0.05) is 11.6 Å². The van der Waals surface area contributed by atoms with Crippen molar-refractivity contribution in [2.24, 2.45) is 5.92 Å². The molecule has 0 N–H and O–H groups in total. The first-order chi connectivity index (χ1) is 9.08. The smallest absolute Gasteiger partial charge is 0.171 e. The van der Waals surface area contributed by atoms with Crippen LogP contribution in [-0.4, -0.2) is 35.0 Å². The molecule has 2 aliphatic heterocycles. The number of carbonyl (C=O) groups is 1. The highest BCUT2D eigenvalue weighted by Crippen LogP contribution is 2.37. The first-order valence-electron chi connectivity index (χ1n) is 7.27. The van der Waals surface area contributed by atoms with Gasteiger partial charge in [0.15, 0.2) is 5.78 Å². The first-order valence-corrected chi connectivity index (χ1v) is 7.27. The number of carbonyl (C=O) groups excluding carboxylic acids is 1. The molecule has 0 aromatic carbocycles. The molecular weight excluding hydrogens is 240 g/mol. The van der Waals surface area contributed by atoms with Crippen molar-refractivity contribution in [2.75, 3.05) is 7.05 Å². The summed E-state index contributed by atoms with van der Waals surface area (Å²) in [7, 11) is 2.21. The molecule has 0 saturated carbocycles. The Morgan fingerprint density at radius 1 is 1.26 bits per heavy atom. The number of ketones is 1. The van der Waals surface area contributed by atoms with E-state index in [0.717, 1.165) is 24.1 Å². The average molecular weight is 262 g/mol. The van der Waals surface area contributed by atoms with Crippen LogP contribution in [0.2, 0.25) is 0 Å². The minimum absolute atomic E-state index is 0.156. The molecule has 2 aliphatic rings. The molecular formula is C15H22N2O2. The third-order valence-corrected chi connectivity index (χ3v) is 4.99. The van der Waals surface area contributed by atoms with E-state index >= 15 is 0 Å². The molecule has 2 unspecified atom stereocenters. The van der Waals surface area contributed by atoms with Gasteiger partial charge in [0.2, 0.25) is 0 Å². The molecule has 0 radical (unpaired) electrons. The molecule has 2 fully saturated rings. The summed E-state index contributed by atoms with van der Waals surface area (Å²) in [5.41, 5.74) is 1.47. The largest absolute Gasteiger partial charge is 0.361 e. The number of nitrogens with zero attached hydrogens (tertiary/aromatic N) is 2. The Labute approximate surface area is 114 Å². The summed E-state index contributed by atoms with van der Waals surface area (Å²) in [6.07, 6.45) is 5.77. The maximum Gasteiger partial charge on any atom is 0.171 e. The predicted molar refractivity (Wildman–Crippen MR) is 72.2 cm³/mol. The fraction of sp³-hybridized carbons (Fsp3) is 0.733. The van der Waals surface area contributed by atoms with Crippen LogP contribution in [0.1, 0.15) is 53.9 Å². The van der Waals surface area contributed by atoms with Crippen LogP contribution in [0, 0.1) is 19.8 Å². The highest BCUT2D eigenvalue weighted by atomic mass is 16.5. The van der Waals surface area contributed by atoms with E-state index in [1.165, 1.54) is 19.3 Å². The van der Waals surface area contributed by atoms with Gasteiger partial charge in [0.25, 0.3) is 0 Å². The van der Waals surface area contributed by atoms with Gasteiger partial charge in [0, 0.05) is 18.0 Å². The van der Waals surface area contributed by atoms with Crippen molar-refractivity contribution in [3.05, 3.63) is 17.0 Å².